The van der Waals surface area contributed by atoms with Gasteiger partial charge in [-0.1, -0.05) is 68.8 Å². The number of fused-ring (bicyclic) bond motifs is 3. The zero-order valence-corrected chi connectivity index (χ0v) is 35.5. The highest BCUT2D eigenvalue weighted by atomic mass is 35.5. The van der Waals surface area contributed by atoms with Gasteiger partial charge in [-0.25, -0.2) is 17.8 Å². The van der Waals surface area contributed by atoms with Crippen LogP contribution in [0.3, 0.4) is 0 Å². The lowest BCUT2D eigenvalue weighted by atomic mass is 9.76. The SMILES string of the molecule is C=C[C@@H]1C[C@]1(CC(=O)[C@@H]1C[C@@H](Oc2nc(-c3ccc(C(F)(F)F)cc3)nc3c2oc2ccccc23)CN1C(=O)[C@@H](Cc1ccc(Cl)cc1F)C(C)(C)C)C(=O)NS(=O)(=O)C1CC1. The van der Waals surface area contributed by atoms with E-state index in [1.807, 2.05) is 20.8 Å². The van der Waals surface area contributed by atoms with Crippen molar-refractivity contribution in [1.82, 2.24) is 19.6 Å². The van der Waals surface area contributed by atoms with E-state index >= 15 is 4.39 Å². The predicted molar refractivity (Wildman–Crippen MR) is 223 cm³/mol. The first-order valence-electron chi connectivity index (χ1n) is 20.2. The van der Waals surface area contributed by atoms with Crippen LogP contribution in [0.25, 0.3) is 33.5 Å². The first-order chi connectivity index (χ1) is 29.2. The lowest BCUT2D eigenvalue weighted by molar-refractivity contribution is -0.144. The maximum Gasteiger partial charge on any atom is 0.416 e. The minimum atomic E-state index is -4.57. The van der Waals surface area contributed by atoms with Gasteiger partial charge in [0.25, 0.3) is 5.88 Å². The number of halogens is 5. The van der Waals surface area contributed by atoms with E-state index in [4.69, 9.17) is 20.8 Å². The van der Waals surface area contributed by atoms with E-state index in [9.17, 15) is 36.0 Å². The van der Waals surface area contributed by atoms with Gasteiger partial charge in [0.2, 0.25) is 27.4 Å². The molecule has 5 aromatic rings. The van der Waals surface area contributed by atoms with Crippen molar-refractivity contribution in [3.8, 4) is 17.3 Å². The molecule has 2 aromatic heterocycles. The summed E-state index contributed by atoms with van der Waals surface area (Å²) in [6.45, 7) is 9.12. The first-order valence-corrected chi connectivity index (χ1v) is 22.1. The highest BCUT2D eigenvalue weighted by molar-refractivity contribution is 7.90. The number of sulfonamides is 1. The van der Waals surface area contributed by atoms with E-state index in [0.29, 0.717) is 29.3 Å². The van der Waals surface area contributed by atoms with Crippen molar-refractivity contribution < 1.29 is 49.5 Å². The largest absolute Gasteiger partial charge is 0.470 e. The van der Waals surface area contributed by atoms with Crippen LogP contribution < -0.4 is 9.46 Å². The summed E-state index contributed by atoms with van der Waals surface area (Å²) >= 11 is 6.04. The molecule has 3 fully saturated rings. The average molecular weight is 895 g/mol. The van der Waals surface area contributed by atoms with Crippen LogP contribution in [0.1, 0.15) is 64.0 Å². The van der Waals surface area contributed by atoms with Gasteiger partial charge in [0.1, 0.15) is 23.0 Å². The molecule has 3 aliphatic rings. The molecule has 1 aliphatic heterocycles. The lowest BCUT2D eigenvalue weighted by Crippen LogP contribution is -2.48. The Hall–Kier alpha value is -5.35. The van der Waals surface area contributed by atoms with Crippen LogP contribution >= 0.6 is 11.6 Å². The molecule has 0 spiro atoms. The maximum atomic E-state index is 15.2. The van der Waals surface area contributed by atoms with Gasteiger partial charge in [0.05, 0.1) is 28.8 Å². The molecule has 326 valence electrons. The molecule has 0 unspecified atom stereocenters. The highest BCUT2D eigenvalue weighted by Crippen LogP contribution is 2.57. The number of amides is 2. The number of aromatic nitrogens is 2. The third-order valence-corrected chi connectivity index (χ3v) is 14.2. The van der Waals surface area contributed by atoms with Gasteiger partial charge in [-0.2, -0.15) is 18.2 Å². The van der Waals surface area contributed by atoms with Crippen molar-refractivity contribution in [2.45, 2.75) is 82.9 Å². The molecule has 1 saturated heterocycles. The van der Waals surface area contributed by atoms with Gasteiger partial charge < -0.3 is 14.1 Å². The number of furan rings is 1. The average Bonchev–Trinajstić information content (AvgIpc) is 4.11. The third-order valence-electron chi connectivity index (χ3n) is 12.2. The second kappa shape index (κ2) is 15.8. The number of benzene rings is 3. The number of ketones is 1. The summed E-state index contributed by atoms with van der Waals surface area (Å²) < 4.78 is 96.2. The quantitative estimate of drug-likeness (QED) is 0.0904. The van der Waals surface area contributed by atoms with Crippen molar-refractivity contribution in [1.29, 1.82) is 0 Å². The Morgan fingerprint density at radius 2 is 1.77 bits per heavy atom. The molecule has 17 heteroatoms. The van der Waals surface area contributed by atoms with E-state index in [2.05, 4.69) is 21.3 Å². The summed E-state index contributed by atoms with van der Waals surface area (Å²) in [6, 6.07) is 14.3. The second-order valence-corrected chi connectivity index (χ2v) is 20.0. The number of para-hydroxylation sites is 1. The lowest BCUT2D eigenvalue weighted by Gasteiger charge is -2.35. The monoisotopic (exact) mass is 894 g/mol. The fourth-order valence-corrected chi connectivity index (χ4v) is 9.90. The summed E-state index contributed by atoms with van der Waals surface area (Å²) in [7, 11) is -3.95. The minimum Gasteiger partial charge on any atom is -0.470 e. The predicted octanol–water partition coefficient (Wildman–Crippen LogP) is 8.87. The van der Waals surface area contributed by atoms with Gasteiger partial charge in [-0.15, -0.1) is 6.58 Å². The molecule has 1 N–H and O–H groups in total. The zero-order valence-electron chi connectivity index (χ0n) is 34.0. The van der Waals surface area contributed by atoms with E-state index in [0.717, 1.165) is 18.2 Å². The van der Waals surface area contributed by atoms with Crippen molar-refractivity contribution >= 4 is 61.3 Å². The van der Waals surface area contributed by atoms with Gasteiger partial charge in [-0.05, 0) is 79.0 Å². The number of nitrogens with zero attached hydrogens (tertiary/aromatic N) is 3. The van der Waals surface area contributed by atoms with Crippen LogP contribution in [0.2, 0.25) is 5.02 Å². The number of nitrogens with one attached hydrogen (secondary N) is 1. The number of ether oxygens (including phenoxy) is 1. The number of hydrogen-bond acceptors (Lipinski definition) is 9. The minimum absolute atomic E-state index is 0.0300. The number of carbonyl (C=O) groups is 3. The fraction of sp³-hybridized carbons (Fsp3) is 0.400. The molecule has 3 heterocycles. The van der Waals surface area contributed by atoms with Crippen LogP contribution in [0.15, 0.2) is 83.8 Å². The van der Waals surface area contributed by atoms with E-state index in [1.165, 1.54) is 35.2 Å². The highest BCUT2D eigenvalue weighted by Gasteiger charge is 2.61. The topological polar surface area (TPSA) is 149 Å². The van der Waals surface area contributed by atoms with Crippen molar-refractivity contribution in [2.75, 3.05) is 6.54 Å². The van der Waals surface area contributed by atoms with Gasteiger partial charge in [0.15, 0.2) is 11.6 Å². The number of rotatable bonds is 13. The molecule has 3 aromatic carbocycles. The van der Waals surface area contributed by atoms with E-state index < -0.39 is 91.7 Å². The van der Waals surface area contributed by atoms with Crippen molar-refractivity contribution in [2.24, 2.45) is 22.7 Å². The molecule has 5 atom stereocenters. The summed E-state index contributed by atoms with van der Waals surface area (Å²) in [5, 5.41) is 0.0799. The molecule has 2 aliphatic carbocycles. The Morgan fingerprint density at radius 3 is 2.40 bits per heavy atom. The van der Waals surface area contributed by atoms with Gasteiger partial charge in [-0.3, -0.25) is 19.1 Å². The standard InChI is InChI=1S/C45H43ClF4N4O7S/c1-5-26-21-44(26,42(57)53-62(58,59)30-16-17-30)22-35(55)34-20-29(23-54(34)41(56)32(43(2,3)4)18-25-12-15-28(46)19-33(25)47)60-40-38-37(31-8-6-7-9-36(31)61-38)51-39(52-40)24-10-13-27(14-11-24)45(48,49)50/h5-15,19,26,29-30,32,34H,1,16-18,20-23H2,2-4H3,(H,53,57)/t26-,29-,32-,34+,44-/m1/s1. The summed E-state index contributed by atoms with van der Waals surface area (Å²) in [4.78, 5) is 53.9. The molecule has 62 heavy (non-hydrogen) atoms. The van der Waals surface area contributed by atoms with E-state index in [-0.39, 0.29) is 59.2 Å². The van der Waals surface area contributed by atoms with Crippen LogP contribution in [0.4, 0.5) is 17.6 Å². The first kappa shape index (κ1) is 43.3. The molecule has 0 radical (unpaired) electrons. The number of hydrogen-bond donors (Lipinski definition) is 1. The van der Waals surface area contributed by atoms with Gasteiger partial charge >= 0.3 is 6.18 Å². The van der Waals surface area contributed by atoms with Crippen molar-refractivity contribution in [3.63, 3.8) is 0 Å². The van der Waals surface area contributed by atoms with Crippen molar-refractivity contribution in [3.05, 3.63) is 101 Å². The second-order valence-electron chi connectivity index (χ2n) is 17.6. The van der Waals surface area contributed by atoms with Crippen LogP contribution in [-0.4, -0.2) is 64.8 Å². The molecule has 2 amide bonds. The maximum absolute atomic E-state index is 15.2. The summed E-state index contributed by atoms with van der Waals surface area (Å²) in [6.07, 6.45) is -3.50. The molecular weight excluding hydrogens is 852 g/mol. The number of carbonyl (C=O) groups excluding carboxylic acids is 3. The van der Waals surface area contributed by atoms with Crippen LogP contribution in [0, 0.1) is 28.5 Å². The number of Topliss-reactive ketones (excluding diaryl/α,β-unsaturated/α-hetero) is 1. The molecule has 2 saturated carbocycles. The molecule has 11 nitrogen and oxygen atoms in total. The van der Waals surface area contributed by atoms with Crippen LogP contribution in [0.5, 0.6) is 5.88 Å². The zero-order chi connectivity index (χ0) is 44.5. The molecular formula is C45H43ClF4N4O7S. The Balaban J connectivity index is 1.16. The number of alkyl halides is 3. The Kier molecular flexibility index (Phi) is 11.0. The third kappa shape index (κ3) is 8.42. The molecule has 8 rings (SSSR count). The number of allylic oxidation sites excluding steroid dienone is 1. The fourth-order valence-electron chi connectivity index (χ4n) is 8.35. The van der Waals surface area contributed by atoms with Crippen LogP contribution in [-0.2, 0) is 37.0 Å². The Labute approximate surface area is 359 Å². The smallest absolute Gasteiger partial charge is 0.416 e. The van der Waals surface area contributed by atoms with Gasteiger partial charge in [0, 0.05) is 34.7 Å². The molecule has 0 bridgehead atoms. The summed E-state index contributed by atoms with van der Waals surface area (Å²) in [5.74, 6) is -3.83. The Morgan fingerprint density at radius 1 is 1.06 bits per heavy atom. The Bertz CT molecular complexity index is 2730. The summed E-state index contributed by atoms with van der Waals surface area (Å²) in [5.41, 5.74) is -1.67. The normalized spacial score (nSPS) is 22.1. The number of likely N-dealkylation sites (tertiary alicyclic amines) is 1. The van der Waals surface area contributed by atoms with E-state index in [1.54, 1.807) is 24.3 Å².